The van der Waals surface area contributed by atoms with Crippen molar-refractivity contribution >= 4 is 180 Å². The molecule has 0 amide bonds. The average Bonchev–Trinajstić information content (AvgIpc) is 1.52. The molecule has 31 aromatic rings. The molecule has 0 unspecified atom stereocenters. The van der Waals surface area contributed by atoms with Crippen molar-refractivity contribution in [2.45, 2.75) is 0 Å². The maximum Gasteiger partial charge on any atom is 0.136 e. The first-order valence-corrected chi connectivity index (χ1v) is 49.7. The monoisotopic (exact) mass is 1830 g/mol. The molecule has 24 aromatic carbocycles. The maximum absolute atomic E-state index is 6.28. The lowest BCUT2D eigenvalue weighted by molar-refractivity contribution is 0.668. The lowest BCUT2D eigenvalue weighted by Crippen LogP contribution is -1.97. The fourth-order valence-corrected chi connectivity index (χ4v) is 25.3. The van der Waals surface area contributed by atoms with Crippen LogP contribution in [0.2, 0.25) is 0 Å². The van der Waals surface area contributed by atoms with Gasteiger partial charge in [0.1, 0.15) is 22.3 Å². The number of fused-ring (bicyclic) bond motifs is 21. The molecule has 7 heterocycles. The fourth-order valence-electron chi connectivity index (χ4n) is 25.3. The van der Waals surface area contributed by atoms with Crippen LogP contribution in [0, 0.1) is 0 Å². The van der Waals surface area contributed by atoms with Crippen LogP contribution in [-0.4, -0.2) is 18.1 Å². The highest BCUT2D eigenvalue weighted by molar-refractivity contribution is 6.40. The second-order valence-corrected chi connectivity index (χ2v) is 38.5. The highest BCUT2D eigenvalue weighted by Gasteiger charge is 2.33. The molecule has 0 N–H and O–H groups in total. The Kier molecular flexibility index (Phi) is 17.3. The predicted molar refractivity (Wildman–Crippen MR) is 606 cm³/mol. The number of hydrogen-bond donors (Lipinski definition) is 0. The van der Waals surface area contributed by atoms with Gasteiger partial charge in [0.15, 0.2) is 0 Å². The zero-order valence-electron chi connectivity index (χ0n) is 77.9. The van der Waals surface area contributed by atoms with Crippen molar-refractivity contribution in [3.63, 3.8) is 0 Å². The summed E-state index contributed by atoms with van der Waals surface area (Å²) in [6, 6.07) is 181. The molecule has 0 radical (unpaired) electrons. The number of aromatic nitrogens is 4. The summed E-state index contributed by atoms with van der Waals surface area (Å²) in [6.07, 6.45) is 0. The van der Waals surface area contributed by atoms with Crippen molar-refractivity contribution in [2.75, 3.05) is 0 Å². The van der Waals surface area contributed by atoms with Crippen molar-refractivity contribution in [3.05, 3.63) is 497 Å². The Morgan fingerprint density at radius 3 is 1.12 bits per heavy atom. The number of benzene rings is 24. The molecule has 0 atom stereocenters. The van der Waals surface area contributed by atoms with Crippen LogP contribution in [0.3, 0.4) is 0 Å². The van der Waals surface area contributed by atoms with E-state index in [4.69, 9.17) is 8.83 Å². The third kappa shape index (κ3) is 11.6. The molecule has 666 valence electrons. The summed E-state index contributed by atoms with van der Waals surface area (Å²) in [7, 11) is 0. The largest absolute Gasteiger partial charge is 0.456 e. The summed E-state index contributed by atoms with van der Waals surface area (Å²) in [5, 5.41) is 25.3. The first-order chi connectivity index (χ1) is 71.5. The van der Waals surface area contributed by atoms with E-state index in [1.807, 2.05) is 12.1 Å². The van der Waals surface area contributed by atoms with E-state index < -0.39 is 0 Å². The smallest absolute Gasteiger partial charge is 0.136 e. The van der Waals surface area contributed by atoms with Crippen LogP contribution in [0.1, 0.15) is 0 Å². The second-order valence-electron chi connectivity index (χ2n) is 38.5. The van der Waals surface area contributed by atoms with E-state index in [1.54, 1.807) is 0 Å². The third-order valence-corrected chi connectivity index (χ3v) is 31.1. The zero-order chi connectivity index (χ0) is 94.0. The Hall–Kier alpha value is -19.1. The Balaban J connectivity index is 0.0000000986. The normalized spacial score (nSPS) is 12.2. The first kappa shape index (κ1) is 79.9. The summed E-state index contributed by atoms with van der Waals surface area (Å²) in [6.45, 7) is 0. The van der Waals surface area contributed by atoms with Crippen LogP contribution >= 0.6 is 0 Å². The van der Waals surface area contributed by atoms with E-state index in [1.165, 1.54) is 247 Å². The van der Waals surface area contributed by atoms with Crippen LogP contribution in [-0.2, 0) is 0 Å². The summed E-state index contributed by atoms with van der Waals surface area (Å²) in [5.74, 6) is 0. The van der Waals surface area contributed by atoms with E-state index in [-0.39, 0.29) is 0 Å². The number of rotatable bonds is 9. The van der Waals surface area contributed by atoms with Crippen LogP contribution in [0.4, 0.5) is 0 Å². The first-order valence-electron chi connectivity index (χ1n) is 49.7. The Bertz CT molecular complexity index is 10900. The Morgan fingerprint density at radius 1 is 0.139 bits per heavy atom. The predicted octanol–water partition coefficient (Wildman–Crippen LogP) is 38.1. The number of hydrogen-bond acceptors (Lipinski definition) is 2. The molecule has 6 nitrogen and oxygen atoms in total. The van der Waals surface area contributed by atoms with E-state index >= 15 is 0 Å². The van der Waals surface area contributed by atoms with Crippen molar-refractivity contribution in [1.29, 1.82) is 0 Å². The molecule has 0 bridgehead atoms. The van der Waals surface area contributed by atoms with Crippen molar-refractivity contribution < 1.29 is 8.83 Å². The Morgan fingerprint density at radius 2 is 0.507 bits per heavy atom. The van der Waals surface area contributed by atoms with Gasteiger partial charge < -0.3 is 26.9 Å². The zero-order valence-corrected chi connectivity index (χ0v) is 77.9. The minimum absolute atomic E-state index is 0.911. The van der Waals surface area contributed by atoms with Gasteiger partial charge in [-0.15, -0.1) is 0 Å². The quantitative estimate of drug-likeness (QED) is 0.135. The van der Waals surface area contributed by atoms with Gasteiger partial charge in [-0.25, -0.2) is 0 Å². The van der Waals surface area contributed by atoms with Gasteiger partial charge in [0, 0.05) is 109 Å². The molecule has 0 spiro atoms. The standard InChI is InChI=1S/C48H30N2.C46H27NO.C44H25NO/c1-3-15-31(16-4-1)35-21-7-8-22-36(35)33-19-13-20-34(29-33)49-44-28-14-25-39-37-23-9-11-26-42(37)50-43-27-12-10-24-38(43)41-30-40(32-17-5-2-6-18-32)47(49)46(45(39)44)48(41)50;1-2-11-28(12-3-1)33-24-26-39-46-44(33)36-17-5-4-16-34(36)35-20-9-13-29-23-25-38(45(46)42(29)35)47(39)31-15-8-14-30(27-31)32-19-10-22-41-43(32)37-18-6-7-21-40(37)48-41;1-2-14-30-29(13-1)32-19-8-20-33-31-15-3-4-16-35(31)44-43(41(32)33)42-34(30)21-9-22-37(42)45(44)27-12-7-11-26(25-27)28-18-10-24-39-40(28)36-17-5-6-23-38(36)46-39/h1-30H;1-27H;1-25H. The molecule has 144 heavy (non-hydrogen) atoms. The van der Waals surface area contributed by atoms with Gasteiger partial charge in [-0.3, -0.25) is 0 Å². The topological polar surface area (TPSA) is 45.5 Å². The van der Waals surface area contributed by atoms with Gasteiger partial charge in [-0.05, 0) is 230 Å². The molecule has 2 aliphatic rings. The molecule has 7 aromatic heterocycles. The van der Waals surface area contributed by atoms with Crippen LogP contribution < -0.4 is 0 Å². The van der Waals surface area contributed by atoms with Gasteiger partial charge in [0.05, 0.1) is 49.7 Å². The van der Waals surface area contributed by atoms with Crippen LogP contribution in [0.25, 0.3) is 308 Å². The van der Waals surface area contributed by atoms with Gasteiger partial charge >= 0.3 is 0 Å². The maximum atomic E-state index is 6.28. The van der Waals surface area contributed by atoms with Gasteiger partial charge in [-0.2, -0.15) is 0 Å². The number of nitrogens with zero attached hydrogens (tertiary/aromatic N) is 4. The molecule has 0 fully saturated rings. The second kappa shape index (κ2) is 31.2. The van der Waals surface area contributed by atoms with E-state index in [9.17, 15) is 0 Å². The molecule has 2 aliphatic carbocycles. The van der Waals surface area contributed by atoms with Gasteiger partial charge in [0.25, 0.3) is 0 Å². The lowest BCUT2D eigenvalue weighted by atomic mass is 9.88. The average molecular weight is 1830 g/mol. The summed E-state index contributed by atoms with van der Waals surface area (Å²) < 4.78 is 22.6. The number of furan rings is 2. The molecule has 0 saturated heterocycles. The molecule has 33 rings (SSSR count). The molecular formula is C138H82N4O2. The molecule has 0 aliphatic heterocycles. The van der Waals surface area contributed by atoms with E-state index in [0.717, 1.165) is 60.9 Å². The molecular weight excluding hydrogens is 1750 g/mol. The van der Waals surface area contributed by atoms with E-state index in [0.29, 0.717) is 0 Å². The fraction of sp³-hybridized carbons (Fsp3) is 0. The van der Waals surface area contributed by atoms with Crippen LogP contribution in [0.15, 0.2) is 506 Å². The summed E-state index contributed by atoms with van der Waals surface area (Å²) in [5.41, 5.74) is 43.0. The van der Waals surface area contributed by atoms with Gasteiger partial charge in [-0.1, -0.05) is 394 Å². The van der Waals surface area contributed by atoms with Crippen molar-refractivity contribution in [2.24, 2.45) is 0 Å². The summed E-state index contributed by atoms with van der Waals surface area (Å²) >= 11 is 0. The SMILES string of the molecule is c1cc(-c2cccc3oc4ccccc4c23)cc(-n2c3cccc4c3c3c5c(cccc5c5ccccc5c32)-c2ccccc2-4)c1.c1ccc(-c2ccc3c4c2-c2ccccc2-c2cccc5ccc(c4c25)n3-c2cccc(-c3cccc4oc5ccccc5c34)c2)cc1.c1ccc(-c2ccccc2-c2cccc(-n3c4cccc5c6ccccc6n6c7ccccc7c7cc(-c8ccccc8)c3c(c54)c76)c2)cc1. The Labute approximate surface area is 826 Å². The van der Waals surface area contributed by atoms with Crippen molar-refractivity contribution in [3.8, 4) is 128 Å². The molecule has 6 heteroatoms. The van der Waals surface area contributed by atoms with Crippen molar-refractivity contribution in [1.82, 2.24) is 18.1 Å². The van der Waals surface area contributed by atoms with Crippen LogP contribution in [0.5, 0.6) is 0 Å². The minimum atomic E-state index is 0.911. The third-order valence-electron chi connectivity index (χ3n) is 31.1. The van der Waals surface area contributed by atoms with E-state index in [2.05, 4.69) is 503 Å². The highest BCUT2D eigenvalue weighted by Crippen LogP contribution is 2.58. The summed E-state index contributed by atoms with van der Waals surface area (Å²) in [4.78, 5) is 0. The lowest BCUT2D eigenvalue weighted by Gasteiger charge is -2.17. The molecule has 0 saturated carbocycles. The minimum Gasteiger partial charge on any atom is -0.456 e. The highest BCUT2D eigenvalue weighted by atomic mass is 16.3. The number of para-hydroxylation sites is 4. The van der Waals surface area contributed by atoms with Gasteiger partial charge in [0.2, 0.25) is 0 Å².